The molecule has 4 atom stereocenters. The molecule has 0 fully saturated rings. The van der Waals surface area contributed by atoms with Gasteiger partial charge in [-0.3, -0.25) is 0 Å². The minimum atomic E-state index is -3.44. The zero-order chi connectivity index (χ0) is 17.1. The summed E-state index contributed by atoms with van der Waals surface area (Å²) in [5.74, 6) is 0.515. The highest BCUT2D eigenvalue weighted by Crippen LogP contribution is 2.48. The quantitative estimate of drug-likeness (QED) is 0.765. The molecule has 7 heteroatoms. The fourth-order valence-electron chi connectivity index (χ4n) is 4.15. The number of benzene rings is 1. The van der Waals surface area contributed by atoms with Crippen LogP contribution in [0.5, 0.6) is 0 Å². The Hall–Kier alpha value is -1.41. The van der Waals surface area contributed by atoms with Gasteiger partial charge in [-0.2, -0.15) is 17.4 Å². The summed E-state index contributed by atoms with van der Waals surface area (Å²) in [6.45, 7) is 2.85. The summed E-state index contributed by atoms with van der Waals surface area (Å²) in [5, 5.41) is 7.12. The van der Waals surface area contributed by atoms with Gasteiger partial charge in [0.1, 0.15) is 0 Å². The summed E-state index contributed by atoms with van der Waals surface area (Å²) in [7, 11) is -0.365. The molecule has 0 radical (unpaired) electrons. The molecule has 0 bridgehead atoms. The zero-order valence-corrected chi connectivity index (χ0v) is 15.0. The largest absolute Gasteiger partial charge is 0.382 e. The number of hydrogen-bond acceptors (Lipinski definition) is 4. The summed E-state index contributed by atoms with van der Waals surface area (Å²) >= 11 is 0. The van der Waals surface area contributed by atoms with Gasteiger partial charge in [-0.1, -0.05) is 18.2 Å². The molecule has 130 valence electrons. The van der Waals surface area contributed by atoms with Gasteiger partial charge in [0, 0.05) is 44.3 Å². The maximum atomic E-state index is 12.1. The average Bonchev–Trinajstić information content (AvgIpc) is 2.85. The Labute approximate surface area is 143 Å². The second-order valence-electron chi connectivity index (χ2n) is 7.14. The van der Waals surface area contributed by atoms with E-state index in [2.05, 4.69) is 46.6 Å². The molecule has 3 N–H and O–H groups in total. The molecular weight excluding hydrogens is 324 g/mol. The van der Waals surface area contributed by atoms with E-state index in [-0.39, 0.29) is 6.04 Å². The Morgan fingerprint density at radius 1 is 1.29 bits per heavy atom. The topological polar surface area (TPSA) is 73.5 Å². The van der Waals surface area contributed by atoms with Crippen LogP contribution in [-0.2, 0) is 10.2 Å². The molecule has 3 aliphatic rings. The standard InChI is InChI=1S/C17H24N4O2S/c1-10-13-8-16-14(12-5-4-6-15(19-10)17(12)13)7-11(9-18-16)20-24(22,23)21(2)3/h4-7,10-11,13,16,18-20H,8-9H2,1-3H3/t10?,11?,13?,16-/m1/s1. The van der Waals surface area contributed by atoms with Crippen LogP contribution in [-0.4, -0.2) is 51.5 Å². The summed E-state index contributed by atoms with van der Waals surface area (Å²) in [6, 6.07) is 6.87. The number of anilines is 1. The second kappa shape index (κ2) is 5.56. The first-order valence-corrected chi connectivity index (χ1v) is 9.85. The van der Waals surface area contributed by atoms with Crippen LogP contribution < -0.4 is 15.4 Å². The van der Waals surface area contributed by atoms with Crippen molar-refractivity contribution < 1.29 is 8.42 Å². The number of hydrogen-bond donors (Lipinski definition) is 3. The molecule has 6 nitrogen and oxygen atoms in total. The van der Waals surface area contributed by atoms with Gasteiger partial charge in [-0.15, -0.1) is 0 Å². The first-order chi connectivity index (χ1) is 11.4. The molecule has 0 saturated carbocycles. The van der Waals surface area contributed by atoms with Crippen molar-refractivity contribution >= 4 is 21.5 Å². The third-order valence-electron chi connectivity index (χ3n) is 5.39. The van der Waals surface area contributed by atoms with Crippen LogP contribution >= 0.6 is 0 Å². The Bertz CT molecular complexity index is 803. The van der Waals surface area contributed by atoms with E-state index >= 15 is 0 Å². The van der Waals surface area contributed by atoms with Crippen LogP contribution in [0.25, 0.3) is 5.57 Å². The van der Waals surface area contributed by atoms with Crippen molar-refractivity contribution in [3.8, 4) is 0 Å². The molecule has 1 aromatic rings. The fraction of sp³-hybridized carbons (Fsp3) is 0.529. The van der Waals surface area contributed by atoms with Crippen molar-refractivity contribution in [3.05, 3.63) is 35.4 Å². The highest BCUT2D eigenvalue weighted by atomic mass is 32.2. The third kappa shape index (κ3) is 2.47. The lowest BCUT2D eigenvalue weighted by Crippen LogP contribution is -2.51. The number of rotatable bonds is 3. The third-order valence-corrected chi connectivity index (χ3v) is 6.95. The molecule has 24 heavy (non-hydrogen) atoms. The van der Waals surface area contributed by atoms with Crippen LogP contribution in [0.4, 0.5) is 5.69 Å². The Morgan fingerprint density at radius 3 is 2.83 bits per heavy atom. The summed E-state index contributed by atoms with van der Waals surface area (Å²) in [6.07, 6.45) is 3.15. The monoisotopic (exact) mass is 348 g/mol. The summed E-state index contributed by atoms with van der Waals surface area (Å²) in [5.41, 5.74) is 5.09. The van der Waals surface area contributed by atoms with E-state index in [1.165, 1.54) is 40.8 Å². The number of nitrogens with one attached hydrogen (secondary N) is 3. The Balaban J connectivity index is 1.71. The second-order valence-corrected chi connectivity index (χ2v) is 9.05. The van der Waals surface area contributed by atoms with Gasteiger partial charge in [-0.05, 0) is 36.1 Å². The van der Waals surface area contributed by atoms with E-state index in [1.807, 2.05) is 0 Å². The van der Waals surface area contributed by atoms with Crippen molar-refractivity contribution in [2.75, 3.05) is 26.0 Å². The molecule has 4 rings (SSSR count). The predicted molar refractivity (Wildman–Crippen MR) is 96.2 cm³/mol. The van der Waals surface area contributed by atoms with Gasteiger partial charge in [0.2, 0.25) is 0 Å². The van der Waals surface area contributed by atoms with Crippen molar-refractivity contribution in [2.24, 2.45) is 0 Å². The summed E-state index contributed by atoms with van der Waals surface area (Å²) < 4.78 is 28.2. The van der Waals surface area contributed by atoms with Gasteiger partial charge < -0.3 is 10.6 Å². The Kier molecular flexibility index (Phi) is 3.72. The molecule has 0 saturated heterocycles. The molecule has 0 aromatic heterocycles. The van der Waals surface area contributed by atoms with Crippen LogP contribution in [0, 0.1) is 0 Å². The highest BCUT2D eigenvalue weighted by molar-refractivity contribution is 7.87. The van der Waals surface area contributed by atoms with Crippen LogP contribution in [0.1, 0.15) is 30.4 Å². The lowest BCUT2D eigenvalue weighted by molar-refractivity contribution is 0.441. The maximum Gasteiger partial charge on any atom is 0.279 e. The Morgan fingerprint density at radius 2 is 2.08 bits per heavy atom. The van der Waals surface area contributed by atoms with Gasteiger partial charge in [0.05, 0.1) is 6.04 Å². The average molecular weight is 348 g/mol. The minimum Gasteiger partial charge on any atom is -0.382 e. The van der Waals surface area contributed by atoms with E-state index < -0.39 is 10.2 Å². The smallest absolute Gasteiger partial charge is 0.279 e. The first kappa shape index (κ1) is 16.1. The molecule has 1 aromatic carbocycles. The molecule has 0 spiro atoms. The van der Waals surface area contributed by atoms with Crippen molar-refractivity contribution in [3.63, 3.8) is 0 Å². The van der Waals surface area contributed by atoms with Crippen molar-refractivity contribution in [1.29, 1.82) is 0 Å². The number of fused-ring (bicyclic) bond motifs is 2. The maximum absolute atomic E-state index is 12.1. The first-order valence-electron chi connectivity index (χ1n) is 8.41. The van der Waals surface area contributed by atoms with Crippen molar-refractivity contribution in [1.82, 2.24) is 14.3 Å². The zero-order valence-electron chi connectivity index (χ0n) is 14.2. The van der Waals surface area contributed by atoms with E-state index in [0.717, 1.165) is 6.42 Å². The molecular formula is C17H24N4O2S. The van der Waals surface area contributed by atoms with E-state index in [0.29, 0.717) is 24.5 Å². The molecule has 0 amide bonds. The van der Waals surface area contributed by atoms with E-state index in [1.54, 1.807) is 0 Å². The molecule has 2 aliphatic heterocycles. The highest BCUT2D eigenvalue weighted by Gasteiger charge is 2.40. The number of nitrogens with zero attached hydrogens (tertiary/aromatic N) is 1. The van der Waals surface area contributed by atoms with Gasteiger partial charge in [0.25, 0.3) is 10.2 Å². The fourth-order valence-corrected chi connectivity index (χ4v) is 4.89. The predicted octanol–water partition coefficient (Wildman–Crippen LogP) is 1.11. The lowest BCUT2D eigenvalue weighted by Gasteiger charge is -2.38. The van der Waals surface area contributed by atoms with E-state index in [9.17, 15) is 8.42 Å². The normalized spacial score (nSPS) is 31.2. The minimum absolute atomic E-state index is 0.233. The van der Waals surface area contributed by atoms with Gasteiger partial charge in [0.15, 0.2) is 0 Å². The van der Waals surface area contributed by atoms with Crippen molar-refractivity contribution in [2.45, 2.75) is 37.4 Å². The van der Waals surface area contributed by atoms with Crippen LogP contribution in [0.15, 0.2) is 24.3 Å². The lowest BCUT2D eigenvalue weighted by atomic mass is 9.74. The molecule has 1 aliphatic carbocycles. The van der Waals surface area contributed by atoms with Gasteiger partial charge in [-0.25, -0.2) is 0 Å². The molecule has 2 heterocycles. The summed E-state index contributed by atoms with van der Waals surface area (Å²) in [4.78, 5) is 0. The van der Waals surface area contributed by atoms with E-state index in [4.69, 9.17) is 0 Å². The van der Waals surface area contributed by atoms with Crippen LogP contribution in [0.3, 0.4) is 0 Å². The SMILES string of the molecule is CC1Nc2cccc3c2C1C[C@H]1NCC(NS(=O)(=O)N(C)C)C=C31. The van der Waals surface area contributed by atoms with Crippen LogP contribution in [0.2, 0.25) is 0 Å². The molecule has 3 unspecified atom stereocenters. The van der Waals surface area contributed by atoms with Gasteiger partial charge >= 0.3 is 0 Å².